The Morgan fingerprint density at radius 3 is 2.32 bits per heavy atom. The monoisotopic (exact) mass is 461 g/mol. The SMILES string of the molecule is CCC(C)N(CC(=O)N(CCc1ccccc1)Cc1ccc(C)o1)C(=O)Nc1ccccc1C. The lowest BCUT2D eigenvalue weighted by molar-refractivity contribution is -0.133. The van der Waals surface area contributed by atoms with Crippen LogP contribution in [-0.4, -0.2) is 40.9 Å². The number of furan rings is 1. The van der Waals surface area contributed by atoms with Gasteiger partial charge in [0, 0.05) is 18.3 Å². The number of aryl methyl sites for hydroxylation is 2. The number of urea groups is 1. The van der Waals surface area contributed by atoms with Crippen LogP contribution >= 0.6 is 0 Å². The summed E-state index contributed by atoms with van der Waals surface area (Å²) in [5.74, 6) is 1.44. The van der Waals surface area contributed by atoms with E-state index in [0.717, 1.165) is 41.2 Å². The lowest BCUT2D eigenvalue weighted by Gasteiger charge is -2.31. The molecule has 2 aromatic carbocycles. The largest absolute Gasteiger partial charge is 0.464 e. The molecule has 1 aromatic heterocycles. The van der Waals surface area contributed by atoms with Crippen molar-refractivity contribution < 1.29 is 14.0 Å². The molecule has 1 atom stereocenters. The molecule has 0 bridgehead atoms. The van der Waals surface area contributed by atoms with E-state index < -0.39 is 0 Å². The maximum absolute atomic E-state index is 13.5. The molecule has 0 aliphatic carbocycles. The normalized spacial score (nSPS) is 11.6. The number of amides is 3. The van der Waals surface area contributed by atoms with E-state index in [1.807, 2.05) is 82.3 Å². The maximum atomic E-state index is 13.5. The number of carbonyl (C=O) groups is 2. The van der Waals surface area contributed by atoms with Crippen LogP contribution in [0.1, 0.15) is 42.9 Å². The van der Waals surface area contributed by atoms with Gasteiger partial charge in [0.05, 0.1) is 6.54 Å². The van der Waals surface area contributed by atoms with Gasteiger partial charge >= 0.3 is 6.03 Å². The van der Waals surface area contributed by atoms with Crippen LogP contribution in [0.2, 0.25) is 0 Å². The van der Waals surface area contributed by atoms with E-state index in [4.69, 9.17) is 4.42 Å². The topological polar surface area (TPSA) is 65.8 Å². The molecular formula is C28H35N3O3. The maximum Gasteiger partial charge on any atom is 0.322 e. The Balaban J connectivity index is 1.75. The molecule has 3 rings (SSSR count). The molecule has 0 spiro atoms. The summed E-state index contributed by atoms with van der Waals surface area (Å²) in [6.07, 6.45) is 1.47. The van der Waals surface area contributed by atoms with Crippen molar-refractivity contribution in [3.63, 3.8) is 0 Å². The van der Waals surface area contributed by atoms with Crippen LogP contribution < -0.4 is 5.32 Å². The average molecular weight is 462 g/mol. The van der Waals surface area contributed by atoms with Gasteiger partial charge in [-0.2, -0.15) is 0 Å². The van der Waals surface area contributed by atoms with Gasteiger partial charge in [0.25, 0.3) is 0 Å². The van der Waals surface area contributed by atoms with Gasteiger partial charge < -0.3 is 19.5 Å². The van der Waals surface area contributed by atoms with Crippen molar-refractivity contribution in [2.75, 3.05) is 18.4 Å². The number of para-hydroxylation sites is 1. The fourth-order valence-electron chi connectivity index (χ4n) is 3.75. The number of rotatable bonds is 10. The quantitative estimate of drug-likeness (QED) is 0.415. The molecule has 0 aliphatic rings. The number of nitrogens with one attached hydrogen (secondary N) is 1. The van der Waals surface area contributed by atoms with Gasteiger partial charge in [0.15, 0.2) is 0 Å². The fourth-order valence-corrected chi connectivity index (χ4v) is 3.75. The Labute approximate surface area is 202 Å². The van der Waals surface area contributed by atoms with E-state index >= 15 is 0 Å². The number of benzene rings is 2. The molecule has 3 amide bonds. The van der Waals surface area contributed by atoms with Crippen LogP contribution in [0.3, 0.4) is 0 Å². The van der Waals surface area contributed by atoms with Gasteiger partial charge in [-0.05, 0) is 62.9 Å². The van der Waals surface area contributed by atoms with Gasteiger partial charge in [-0.15, -0.1) is 0 Å². The molecule has 0 saturated heterocycles. The molecule has 34 heavy (non-hydrogen) atoms. The van der Waals surface area contributed by atoms with Crippen LogP contribution in [0.4, 0.5) is 10.5 Å². The summed E-state index contributed by atoms with van der Waals surface area (Å²) in [4.78, 5) is 30.1. The van der Waals surface area contributed by atoms with E-state index in [0.29, 0.717) is 13.1 Å². The third kappa shape index (κ3) is 6.98. The van der Waals surface area contributed by atoms with Crippen molar-refractivity contribution in [2.45, 2.75) is 53.1 Å². The molecule has 1 N–H and O–H groups in total. The van der Waals surface area contributed by atoms with Gasteiger partial charge in [0.2, 0.25) is 5.91 Å². The second-order valence-electron chi connectivity index (χ2n) is 8.69. The van der Waals surface area contributed by atoms with Crippen molar-refractivity contribution in [1.29, 1.82) is 0 Å². The zero-order chi connectivity index (χ0) is 24.5. The smallest absolute Gasteiger partial charge is 0.322 e. The summed E-state index contributed by atoms with van der Waals surface area (Å²) in [5, 5.41) is 2.98. The molecule has 6 heteroatoms. The van der Waals surface area contributed by atoms with Gasteiger partial charge in [-0.3, -0.25) is 4.79 Å². The molecule has 1 heterocycles. The lowest BCUT2D eigenvalue weighted by Crippen LogP contribution is -2.48. The molecular weight excluding hydrogens is 426 g/mol. The molecule has 0 saturated carbocycles. The molecule has 180 valence electrons. The zero-order valence-corrected chi connectivity index (χ0v) is 20.6. The Bertz CT molecular complexity index is 1080. The van der Waals surface area contributed by atoms with Gasteiger partial charge in [0.1, 0.15) is 18.1 Å². The number of hydrogen-bond donors (Lipinski definition) is 1. The van der Waals surface area contributed by atoms with E-state index in [1.54, 1.807) is 9.80 Å². The summed E-state index contributed by atoms with van der Waals surface area (Å²) in [7, 11) is 0. The molecule has 0 radical (unpaired) electrons. The number of anilines is 1. The standard InChI is InChI=1S/C28H35N3O3/c1-5-22(3)31(28(33)29-26-14-10-9-11-21(26)2)20-27(32)30(19-25-16-15-23(4)34-25)18-17-24-12-7-6-8-13-24/h6-16,22H,5,17-20H2,1-4H3,(H,29,33). The minimum absolute atomic E-state index is 0.00119. The highest BCUT2D eigenvalue weighted by Crippen LogP contribution is 2.17. The number of carbonyl (C=O) groups excluding carboxylic acids is 2. The third-order valence-electron chi connectivity index (χ3n) is 6.08. The summed E-state index contributed by atoms with van der Waals surface area (Å²) in [6.45, 7) is 8.73. The van der Waals surface area contributed by atoms with Crippen LogP contribution in [0.15, 0.2) is 71.1 Å². The van der Waals surface area contributed by atoms with Crippen LogP contribution in [0.25, 0.3) is 0 Å². The highest BCUT2D eigenvalue weighted by atomic mass is 16.3. The van der Waals surface area contributed by atoms with E-state index in [-0.39, 0.29) is 24.5 Å². The zero-order valence-electron chi connectivity index (χ0n) is 20.6. The van der Waals surface area contributed by atoms with E-state index in [2.05, 4.69) is 17.4 Å². The first kappa shape index (κ1) is 25.1. The number of nitrogens with zero attached hydrogens (tertiary/aromatic N) is 2. The summed E-state index contributed by atoms with van der Waals surface area (Å²) in [5.41, 5.74) is 2.89. The summed E-state index contributed by atoms with van der Waals surface area (Å²) >= 11 is 0. The fraction of sp³-hybridized carbons (Fsp3) is 0.357. The minimum Gasteiger partial charge on any atom is -0.464 e. The predicted octanol–water partition coefficient (Wildman–Crippen LogP) is 5.80. The van der Waals surface area contributed by atoms with Crippen LogP contribution in [-0.2, 0) is 17.8 Å². The molecule has 1 unspecified atom stereocenters. The highest BCUT2D eigenvalue weighted by Gasteiger charge is 2.25. The second kappa shape index (κ2) is 12.1. The minimum atomic E-state index is -0.270. The van der Waals surface area contributed by atoms with Crippen molar-refractivity contribution in [1.82, 2.24) is 9.80 Å². The highest BCUT2D eigenvalue weighted by molar-refractivity contribution is 5.93. The molecule has 0 aliphatic heterocycles. The Morgan fingerprint density at radius 2 is 1.68 bits per heavy atom. The van der Waals surface area contributed by atoms with Crippen molar-refractivity contribution in [3.05, 3.63) is 89.4 Å². The van der Waals surface area contributed by atoms with Crippen molar-refractivity contribution in [3.8, 4) is 0 Å². The second-order valence-corrected chi connectivity index (χ2v) is 8.69. The molecule has 0 fully saturated rings. The average Bonchev–Trinajstić information content (AvgIpc) is 3.26. The Kier molecular flexibility index (Phi) is 8.91. The molecule has 3 aromatic rings. The van der Waals surface area contributed by atoms with E-state index in [9.17, 15) is 9.59 Å². The Hall–Kier alpha value is -3.54. The van der Waals surface area contributed by atoms with Gasteiger partial charge in [-0.25, -0.2) is 4.79 Å². The third-order valence-corrected chi connectivity index (χ3v) is 6.08. The van der Waals surface area contributed by atoms with Crippen molar-refractivity contribution in [2.24, 2.45) is 0 Å². The summed E-state index contributed by atoms with van der Waals surface area (Å²) < 4.78 is 5.74. The lowest BCUT2D eigenvalue weighted by atomic mass is 10.1. The number of hydrogen-bond acceptors (Lipinski definition) is 3. The van der Waals surface area contributed by atoms with Gasteiger partial charge in [-0.1, -0.05) is 55.5 Å². The Morgan fingerprint density at radius 1 is 0.971 bits per heavy atom. The first-order chi connectivity index (χ1) is 16.4. The predicted molar refractivity (Wildman–Crippen MR) is 136 cm³/mol. The van der Waals surface area contributed by atoms with Crippen molar-refractivity contribution >= 4 is 17.6 Å². The van der Waals surface area contributed by atoms with Crippen LogP contribution in [0.5, 0.6) is 0 Å². The summed E-state index contributed by atoms with van der Waals surface area (Å²) in [6, 6.07) is 21.2. The first-order valence-corrected chi connectivity index (χ1v) is 11.9. The first-order valence-electron chi connectivity index (χ1n) is 11.9. The van der Waals surface area contributed by atoms with E-state index in [1.165, 1.54) is 0 Å². The van der Waals surface area contributed by atoms with Crippen LogP contribution in [0, 0.1) is 13.8 Å². The molecule has 6 nitrogen and oxygen atoms in total.